The van der Waals surface area contributed by atoms with Crippen LogP contribution in [0.4, 0.5) is 5.69 Å². The molecule has 0 fully saturated rings. The quantitative estimate of drug-likeness (QED) is 0.749. The van der Waals surface area contributed by atoms with Crippen molar-refractivity contribution in [2.45, 2.75) is 25.6 Å². The van der Waals surface area contributed by atoms with Crippen molar-refractivity contribution in [3.8, 4) is 0 Å². The molecule has 0 spiro atoms. The highest BCUT2D eigenvalue weighted by molar-refractivity contribution is 9.10. The molecule has 0 aliphatic heterocycles. The number of carbonyl (C=O) groups is 1. The number of carbonyl (C=O) groups excluding carboxylic acids is 1. The molecular weight excluding hydrogens is 369 g/mol. The maximum Gasteiger partial charge on any atom is 0.238 e. The molecule has 0 aromatic heterocycles. The zero-order chi connectivity index (χ0) is 13.2. The molecule has 0 saturated carbocycles. The largest absolute Gasteiger partial charge is 0.324 e. The van der Waals surface area contributed by atoms with Crippen LogP contribution >= 0.6 is 43.5 Å². The SMILES string of the molecule is Cc1cc(Br)c(NC(=O)C(Br)C(C)C)cc1Cl. The van der Waals surface area contributed by atoms with Crippen molar-refractivity contribution in [1.29, 1.82) is 0 Å². The van der Waals surface area contributed by atoms with E-state index < -0.39 is 0 Å². The van der Waals surface area contributed by atoms with Gasteiger partial charge in [0.05, 0.1) is 10.5 Å². The third-order valence-electron chi connectivity index (χ3n) is 2.34. The lowest BCUT2D eigenvalue weighted by Crippen LogP contribution is -2.27. The molecule has 94 valence electrons. The van der Waals surface area contributed by atoms with Crippen LogP contribution in [0.5, 0.6) is 0 Å². The molecule has 1 rings (SSSR count). The number of alkyl halides is 1. The summed E-state index contributed by atoms with van der Waals surface area (Å²) in [4.78, 5) is 11.7. The summed E-state index contributed by atoms with van der Waals surface area (Å²) in [7, 11) is 0. The Labute approximate surface area is 123 Å². The Bertz CT molecular complexity index is 435. The number of halogens is 3. The summed E-state index contributed by atoms with van der Waals surface area (Å²) >= 11 is 12.8. The Morgan fingerprint density at radius 1 is 1.41 bits per heavy atom. The van der Waals surface area contributed by atoms with Gasteiger partial charge in [-0.3, -0.25) is 4.79 Å². The van der Waals surface area contributed by atoms with Crippen molar-refractivity contribution in [1.82, 2.24) is 0 Å². The van der Waals surface area contributed by atoms with Gasteiger partial charge in [-0.05, 0) is 46.5 Å². The minimum Gasteiger partial charge on any atom is -0.324 e. The van der Waals surface area contributed by atoms with Crippen LogP contribution in [0.25, 0.3) is 0 Å². The number of hydrogen-bond donors (Lipinski definition) is 1. The van der Waals surface area contributed by atoms with E-state index in [9.17, 15) is 4.79 Å². The first-order chi connectivity index (χ1) is 7.82. The molecule has 1 aromatic carbocycles. The molecule has 0 aliphatic carbocycles. The predicted molar refractivity (Wildman–Crippen MR) is 80.1 cm³/mol. The fraction of sp³-hybridized carbons (Fsp3) is 0.417. The van der Waals surface area contributed by atoms with Crippen molar-refractivity contribution < 1.29 is 4.79 Å². The number of rotatable bonds is 3. The molecule has 17 heavy (non-hydrogen) atoms. The van der Waals surface area contributed by atoms with Gasteiger partial charge in [0.2, 0.25) is 5.91 Å². The second-order valence-electron chi connectivity index (χ2n) is 4.22. The normalized spacial score (nSPS) is 12.6. The lowest BCUT2D eigenvalue weighted by molar-refractivity contribution is -0.116. The molecule has 1 aromatic rings. The van der Waals surface area contributed by atoms with Crippen molar-refractivity contribution in [3.63, 3.8) is 0 Å². The Kier molecular flexibility index (Phi) is 5.48. The van der Waals surface area contributed by atoms with Crippen LogP contribution in [0.3, 0.4) is 0 Å². The summed E-state index contributed by atoms with van der Waals surface area (Å²) in [5.74, 6) is 0.162. The van der Waals surface area contributed by atoms with E-state index in [1.807, 2.05) is 26.8 Å². The van der Waals surface area contributed by atoms with E-state index in [1.54, 1.807) is 6.07 Å². The number of hydrogen-bond acceptors (Lipinski definition) is 1. The Morgan fingerprint density at radius 2 is 2.00 bits per heavy atom. The van der Waals surface area contributed by atoms with Gasteiger partial charge in [-0.15, -0.1) is 0 Å². The van der Waals surface area contributed by atoms with E-state index >= 15 is 0 Å². The predicted octanol–water partition coefficient (Wildman–Crippen LogP) is 4.77. The highest BCUT2D eigenvalue weighted by atomic mass is 79.9. The summed E-state index contributed by atoms with van der Waals surface area (Å²) in [5.41, 5.74) is 1.66. The number of amides is 1. The van der Waals surface area contributed by atoms with Gasteiger partial charge in [-0.2, -0.15) is 0 Å². The molecular formula is C12H14Br2ClNO. The summed E-state index contributed by atoms with van der Waals surface area (Å²) in [6, 6.07) is 3.63. The molecule has 1 unspecified atom stereocenters. The van der Waals surface area contributed by atoms with Gasteiger partial charge in [0.25, 0.3) is 0 Å². The third kappa shape index (κ3) is 3.97. The molecule has 0 bridgehead atoms. The summed E-state index contributed by atoms with van der Waals surface area (Å²) in [6.07, 6.45) is 0. The van der Waals surface area contributed by atoms with E-state index in [1.165, 1.54) is 0 Å². The van der Waals surface area contributed by atoms with E-state index in [-0.39, 0.29) is 16.7 Å². The van der Waals surface area contributed by atoms with Crippen LogP contribution in [-0.4, -0.2) is 10.7 Å². The van der Waals surface area contributed by atoms with E-state index in [0.29, 0.717) is 10.7 Å². The van der Waals surface area contributed by atoms with Crippen LogP contribution < -0.4 is 5.32 Å². The highest BCUT2D eigenvalue weighted by Crippen LogP contribution is 2.29. The Morgan fingerprint density at radius 3 is 2.53 bits per heavy atom. The molecule has 0 radical (unpaired) electrons. The number of nitrogens with one attached hydrogen (secondary N) is 1. The Hall–Kier alpha value is -0.0600. The van der Waals surface area contributed by atoms with Crippen LogP contribution in [-0.2, 0) is 4.79 Å². The lowest BCUT2D eigenvalue weighted by Gasteiger charge is -2.15. The first-order valence-corrected chi connectivity index (χ1v) is 7.32. The molecule has 1 amide bonds. The van der Waals surface area contributed by atoms with Crippen molar-refractivity contribution in [3.05, 3.63) is 27.2 Å². The van der Waals surface area contributed by atoms with Crippen LogP contribution in [0.1, 0.15) is 19.4 Å². The number of aryl methyl sites for hydroxylation is 1. The topological polar surface area (TPSA) is 29.1 Å². The molecule has 1 atom stereocenters. The average molecular weight is 384 g/mol. The minimum absolute atomic E-state index is 0.0689. The summed E-state index contributed by atoms with van der Waals surface area (Å²) in [5, 5.41) is 3.48. The van der Waals surface area contributed by atoms with Gasteiger partial charge in [-0.1, -0.05) is 41.4 Å². The third-order valence-corrected chi connectivity index (χ3v) is 4.88. The van der Waals surface area contributed by atoms with Gasteiger partial charge in [0, 0.05) is 9.50 Å². The second kappa shape index (κ2) is 6.21. The maximum absolute atomic E-state index is 11.9. The summed E-state index contributed by atoms with van der Waals surface area (Å²) in [6.45, 7) is 5.88. The van der Waals surface area contributed by atoms with E-state index in [0.717, 1.165) is 10.0 Å². The van der Waals surface area contributed by atoms with Gasteiger partial charge in [-0.25, -0.2) is 0 Å². The molecule has 2 nitrogen and oxygen atoms in total. The highest BCUT2D eigenvalue weighted by Gasteiger charge is 2.19. The fourth-order valence-corrected chi connectivity index (χ4v) is 2.08. The fourth-order valence-electron chi connectivity index (χ4n) is 1.25. The standard InChI is InChI=1S/C12H14Br2ClNO/c1-6(2)11(14)12(17)16-10-5-9(15)7(3)4-8(10)13/h4-6,11H,1-3H3,(H,16,17). The molecule has 0 saturated heterocycles. The monoisotopic (exact) mass is 381 g/mol. The lowest BCUT2D eigenvalue weighted by atomic mass is 10.1. The molecule has 1 N–H and O–H groups in total. The van der Waals surface area contributed by atoms with Crippen molar-refractivity contribution in [2.24, 2.45) is 5.92 Å². The zero-order valence-corrected chi connectivity index (χ0v) is 13.8. The van der Waals surface area contributed by atoms with Gasteiger partial charge < -0.3 is 5.32 Å². The maximum atomic E-state index is 11.9. The average Bonchev–Trinajstić information content (AvgIpc) is 2.24. The van der Waals surface area contributed by atoms with Crippen molar-refractivity contribution in [2.75, 3.05) is 5.32 Å². The minimum atomic E-state index is -0.213. The van der Waals surface area contributed by atoms with E-state index in [4.69, 9.17) is 11.6 Å². The van der Waals surface area contributed by atoms with Crippen LogP contribution in [0.2, 0.25) is 5.02 Å². The number of benzene rings is 1. The summed E-state index contributed by atoms with van der Waals surface area (Å²) < 4.78 is 0.830. The van der Waals surface area contributed by atoms with Crippen molar-refractivity contribution >= 4 is 55.1 Å². The smallest absolute Gasteiger partial charge is 0.238 e. The number of anilines is 1. The van der Waals surface area contributed by atoms with Crippen LogP contribution in [0, 0.1) is 12.8 Å². The second-order valence-corrected chi connectivity index (χ2v) is 6.46. The van der Waals surface area contributed by atoms with E-state index in [2.05, 4.69) is 37.2 Å². The van der Waals surface area contributed by atoms with Gasteiger partial charge in [0.1, 0.15) is 0 Å². The van der Waals surface area contributed by atoms with Gasteiger partial charge in [0.15, 0.2) is 0 Å². The Balaban J connectivity index is 2.89. The van der Waals surface area contributed by atoms with Gasteiger partial charge >= 0.3 is 0 Å². The zero-order valence-electron chi connectivity index (χ0n) is 9.85. The van der Waals surface area contributed by atoms with Crippen LogP contribution in [0.15, 0.2) is 16.6 Å². The molecule has 5 heteroatoms. The first kappa shape index (κ1) is 15.0. The first-order valence-electron chi connectivity index (χ1n) is 5.23. The molecule has 0 aliphatic rings. The molecule has 0 heterocycles.